The van der Waals surface area contributed by atoms with E-state index < -0.39 is 36.2 Å². The van der Waals surface area contributed by atoms with E-state index in [1.54, 1.807) is 13.0 Å². The van der Waals surface area contributed by atoms with Gasteiger partial charge in [0.2, 0.25) is 5.91 Å². The van der Waals surface area contributed by atoms with Gasteiger partial charge in [0.15, 0.2) is 11.6 Å². The molecule has 0 fully saturated rings. The van der Waals surface area contributed by atoms with Crippen LogP contribution in [0.3, 0.4) is 0 Å². The second-order valence-electron chi connectivity index (χ2n) is 8.14. The van der Waals surface area contributed by atoms with E-state index >= 15 is 0 Å². The number of phenolic OH excluding ortho intramolecular Hbond substituents is 1. The lowest BCUT2D eigenvalue weighted by Crippen LogP contribution is -2.51. The smallest absolute Gasteiger partial charge is 0.224 e. The molecule has 0 heterocycles. The molecule has 0 bridgehead atoms. The van der Waals surface area contributed by atoms with Crippen molar-refractivity contribution in [3.05, 3.63) is 28.8 Å². The fraction of sp³-hybridized carbons (Fsp3) is 0.545. The highest BCUT2D eigenvalue weighted by atomic mass is 16.6. The van der Waals surface area contributed by atoms with Crippen molar-refractivity contribution < 1.29 is 39.6 Å². The molecule has 1 amide bonds. The lowest BCUT2D eigenvalue weighted by molar-refractivity contribution is -0.153. The number of carbonyl (C=O) groups excluding carboxylic acids is 3. The number of fused-ring (bicyclic) bond motifs is 1. The predicted molar refractivity (Wildman–Crippen MR) is 114 cm³/mol. The van der Waals surface area contributed by atoms with Gasteiger partial charge in [0.1, 0.15) is 18.5 Å². The minimum absolute atomic E-state index is 0.0316. The number of hydrogen-bond acceptors (Lipinski definition) is 9. The highest BCUT2D eigenvalue weighted by molar-refractivity contribution is 6.07. The second kappa shape index (κ2) is 10.7. The summed E-state index contributed by atoms with van der Waals surface area (Å²) in [6.07, 6.45) is -0.304. The van der Waals surface area contributed by atoms with Gasteiger partial charge in [-0.05, 0) is 55.7 Å². The lowest BCUT2D eigenvalue weighted by atomic mass is 9.71. The standard InChI is InChI=1S/C22H30N2O8/c1-12(24-32-2)15-3-4-17(27)21-16(15)8-13(9-18(21)28)7-14(5-6-25)22(31,11-26)19(29)10-20(23)30/h3-4,13-14,25-27,31H,5-11H2,1-2H3,(H2,23,30)/t13-,14?,22-/m1/s1. The number of aromatic hydroxyl groups is 1. The van der Waals surface area contributed by atoms with Crippen LogP contribution < -0.4 is 5.73 Å². The third kappa shape index (κ3) is 5.32. The number of amides is 1. The van der Waals surface area contributed by atoms with E-state index in [1.165, 1.54) is 13.2 Å². The third-order valence-electron chi connectivity index (χ3n) is 5.98. The summed E-state index contributed by atoms with van der Waals surface area (Å²) in [5, 5.41) is 44.3. The van der Waals surface area contributed by atoms with Crippen molar-refractivity contribution in [2.75, 3.05) is 20.3 Å². The van der Waals surface area contributed by atoms with E-state index in [0.717, 1.165) is 0 Å². The maximum absolute atomic E-state index is 12.9. The van der Waals surface area contributed by atoms with E-state index in [-0.39, 0.29) is 48.9 Å². The summed E-state index contributed by atoms with van der Waals surface area (Å²) in [6.45, 7) is 0.373. The largest absolute Gasteiger partial charge is 0.507 e. The number of nitrogens with zero attached hydrogens (tertiary/aromatic N) is 1. The average molecular weight is 450 g/mol. The minimum atomic E-state index is -2.28. The molecule has 0 saturated carbocycles. The molecule has 10 nitrogen and oxygen atoms in total. The maximum Gasteiger partial charge on any atom is 0.224 e. The topological polar surface area (TPSA) is 180 Å². The quantitative estimate of drug-likeness (QED) is 0.178. The van der Waals surface area contributed by atoms with Crippen molar-refractivity contribution in [3.8, 4) is 5.75 Å². The van der Waals surface area contributed by atoms with Crippen LogP contribution in [0.2, 0.25) is 0 Å². The first kappa shape index (κ1) is 25.4. The Morgan fingerprint density at radius 3 is 2.56 bits per heavy atom. The van der Waals surface area contributed by atoms with Crippen LogP contribution in [-0.2, 0) is 20.8 Å². The summed E-state index contributed by atoms with van der Waals surface area (Å²) >= 11 is 0. The van der Waals surface area contributed by atoms with Gasteiger partial charge >= 0.3 is 0 Å². The molecule has 0 saturated heterocycles. The van der Waals surface area contributed by atoms with Gasteiger partial charge in [-0.15, -0.1) is 0 Å². The second-order valence-corrected chi connectivity index (χ2v) is 8.14. The molecule has 0 aliphatic heterocycles. The third-order valence-corrected chi connectivity index (χ3v) is 5.98. The molecule has 1 aromatic carbocycles. The molecule has 0 radical (unpaired) electrons. The monoisotopic (exact) mass is 450 g/mol. The zero-order chi connectivity index (χ0) is 24.1. The zero-order valence-corrected chi connectivity index (χ0v) is 18.2. The predicted octanol–water partition coefficient (Wildman–Crippen LogP) is 0.0643. The number of carbonyl (C=O) groups is 3. The number of hydrogen-bond donors (Lipinski definition) is 5. The Morgan fingerprint density at radius 1 is 1.31 bits per heavy atom. The molecule has 2 rings (SSSR count). The summed E-state index contributed by atoms with van der Waals surface area (Å²) in [4.78, 5) is 41.3. The summed E-state index contributed by atoms with van der Waals surface area (Å²) in [5.74, 6) is -3.61. The molecule has 0 spiro atoms. The number of primary amides is 1. The van der Waals surface area contributed by atoms with Crippen molar-refractivity contribution in [2.24, 2.45) is 22.7 Å². The Kier molecular flexibility index (Phi) is 8.48. The highest BCUT2D eigenvalue weighted by Crippen LogP contribution is 2.39. The Bertz CT molecular complexity index is 913. The van der Waals surface area contributed by atoms with Crippen molar-refractivity contribution in [1.29, 1.82) is 0 Å². The van der Waals surface area contributed by atoms with E-state index in [9.17, 15) is 34.8 Å². The molecule has 1 aliphatic carbocycles. The number of phenols is 1. The van der Waals surface area contributed by atoms with Crippen molar-refractivity contribution in [2.45, 2.75) is 44.6 Å². The minimum Gasteiger partial charge on any atom is -0.507 e. The van der Waals surface area contributed by atoms with Gasteiger partial charge in [-0.3, -0.25) is 14.4 Å². The Hall–Kier alpha value is -2.82. The summed E-state index contributed by atoms with van der Waals surface area (Å²) in [6, 6.07) is 3.05. The molecule has 1 unspecified atom stereocenters. The molecule has 3 atom stereocenters. The van der Waals surface area contributed by atoms with Gasteiger partial charge in [0.05, 0.1) is 24.3 Å². The van der Waals surface area contributed by atoms with E-state index in [4.69, 9.17) is 10.6 Å². The van der Waals surface area contributed by atoms with E-state index in [1.807, 2.05) is 0 Å². The average Bonchev–Trinajstić information content (AvgIpc) is 2.72. The fourth-order valence-electron chi connectivity index (χ4n) is 4.44. The van der Waals surface area contributed by atoms with Crippen LogP contribution in [0.5, 0.6) is 5.75 Å². The van der Waals surface area contributed by atoms with Crippen LogP contribution in [0.1, 0.15) is 54.1 Å². The number of Topliss-reactive ketones (excluding diaryl/α,β-unsaturated/α-hetero) is 2. The van der Waals surface area contributed by atoms with E-state index in [0.29, 0.717) is 23.3 Å². The molecular weight excluding hydrogens is 420 g/mol. The number of rotatable bonds is 11. The van der Waals surface area contributed by atoms with Crippen LogP contribution in [0.15, 0.2) is 17.3 Å². The normalized spacial score (nSPS) is 19.1. The molecule has 0 aromatic heterocycles. The van der Waals surface area contributed by atoms with Gasteiger partial charge in [0, 0.05) is 18.6 Å². The number of benzene rings is 1. The Balaban J connectivity index is 2.40. The van der Waals surface area contributed by atoms with Crippen molar-refractivity contribution in [1.82, 2.24) is 0 Å². The number of nitrogens with two attached hydrogens (primary N) is 1. The SMILES string of the molecule is CON=C(C)c1ccc(O)c2c1C[C@@H](CC(CCO)[C@](O)(CO)C(=O)CC(N)=O)CC2=O. The molecule has 10 heteroatoms. The van der Waals surface area contributed by atoms with Gasteiger partial charge in [-0.2, -0.15) is 0 Å². The first-order valence-corrected chi connectivity index (χ1v) is 10.3. The first-order valence-electron chi connectivity index (χ1n) is 10.3. The van der Waals surface area contributed by atoms with Crippen LogP contribution in [0, 0.1) is 11.8 Å². The van der Waals surface area contributed by atoms with Crippen LogP contribution in [0.4, 0.5) is 0 Å². The van der Waals surface area contributed by atoms with Crippen molar-refractivity contribution in [3.63, 3.8) is 0 Å². The highest BCUT2D eigenvalue weighted by Gasteiger charge is 2.45. The summed E-state index contributed by atoms with van der Waals surface area (Å²) in [5.41, 5.74) is 4.69. The van der Waals surface area contributed by atoms with Gasteiger partial charge in [-0.1, -0.05) is 5.16 Å². The van der Waals surface area contributed by atoms with Crippen LogP contribution in [0.25, 0.3) is 0 Å². The summed E-state index contributed by atoms with van der Waals surface area (Å²) in [7, 11) is 1.39. The Labute approximate surface area is 185 Å². The molecule has 1 aliphatic rings. The number of aliphatic hydroxyl groups is 3. The molecule has 32 heavy (non-hydrogen) atoms. The van der Waals surface area contributed by atoms with Gasteiger partial charge in [-0.25, -0.2) is 0 Å². The molecule has 176 valence electrons. The summed E-state index contributed by atoms with van der Waals surface area (Å²) < 4.78 is 0. The number of ketones is 2. The first-order chi connectivity index (χ1) is 15.1. The molecule has 1 aromatic rings. The van der Waals surface area contributed by atoms with Crippen LogP contribution in [-0.4, -0.2) is 69.5 Å². The number of aliphatic hydroxyl groups excluding tert-OH is 2. The number of oxime groups is 1. The maximum atomic E-state index is 12.9. The zero-order valence-electron chi connectivity index (χ0n) is 18.2. The van der Waals surface area contributed by atoms with Crippen molar-refractivity contribution >= 4 is 23.2 Å². The van der Waals surface area contributed by atoms with E-state index in [2.05, 4.69) is 5.16 Å². The van der Waals surface area contributed by atoms with Gasteiger partial charge < -0.3 is 31.0 Å². The molecule has 6 N–H and O–H groups in total. The lowest BCUT2D eigenvalue weighted by Gasteiger charge is -2.36. The Morgan fingerprint density at radius 2 is 2.00 bits per heavy atom. The van der Waals surface area contributed by atoms with Crippen LogP contribution >= 0.6 is 0 Å². The van der Waals surface area contributed by atoms with Gasteiger partial charge in [0.25, 0.3) is 0 Å². The molecular formula is C22H30N2O8. The fourth-order valence-corrected chi connectivity index (χ4v) is 4.44.